The molecule has 0 aliphatic carbocycles. The molecule has 0 saturated heterocycles. The fraction of sp³-hybridized carbons (Fsp3) is 0.333. The molecule has 0 bridgehead atoms. The van der Waals surface area contributed by atoms with Gasteiger partial charge in [-0.1, -0.05) is 35.5 Å². The molecule has 0 aliphatic rings. The van der Waals surface area contributed by atoms with Gasteiger partial charge in [0.1, 0.15) is 24.1 Å². The number of alkyl halides is 3. The number of benzene rings is 1. The molecule has 164 valence electrons. The lowest BCUT2D eigenvalue weighted by Gasteiger charge is -2.22. The lowest BCUT2D eigenvalue weighted by molar-refractivity contribution is -0.192. The van der Waals surface area contributed by atoms with Crippen LogP contribution in [0.4, 0.5) is 13.2 Å². The van der Waals surface area contributed by atoms with E-state index in [1.807, 2.05) is 49.3 Å². The molecule has 2 N–H and O–H groups in total. The highest BCUT2D eigenvalue weighted by Gasteiger charge is 2.38. The predicted molar refractivity (Wildman–Crippen MR) is 97.7 cm³/mol. The van der Waals surface area contributed by atoms with E-state index in [4.69, 9.17) is 19.5 Å². The van der Waals surface area contributed by atoms with Crippen LogP contribution in [-0.4, -0.2) is 82.9 Å². The maximum absolute atomic E-state index is 12.7. The molecule has 0 unspecified atom stereocenters. The van der Waals surface area contributed by atoms with Gasteiger partial charge in [0.15, 0.2) is 0 Å². The molecule has 0 spiro atoms. The summed E-state index contributed by atoms with van der Waals surface area (Å²) in [4.78, 5) is 35.8. The van der Waals surface area contributed by atoms with Crippen molar-refractivity contribution in [3.8, 4) is 11.3 Å². The molecular weight excluding hydrogens is 411 g/mol. The van der Waals surface area contributed by atoms with Gasteiger partial charge in [0.05, 0.1) is 0 Å². The maximum Gasteiger partial charge on any atom is 0.490 e. The van der Waals surface area contributed by atoms with Crippen molar-refractivity contribution in [2.75, 3.05) is 33.7 Å². The van der Waals surface area contributed by atoms with E-state index in [2.05, 4.69) is 5.16 Å². The first kappa shape index (κ1) is 24.6. The monoisotopic (exact) mass is 431 g/mol. The number of amides is 1. The minimum absolute atomic E-state index is 0.260. The van der Waals surface area contributed by atoms with Gasteiger partial charge >= 0.3 is 18.1 Å². The Hall–Kier alpha value is -3.41. The van der Waals surface area contributed by atoms with Gasteiger partial charge in [-0.25, -0.2) is 4.79 Å². The van der Waals surface area contributed by atoms with Gasteiger partial charge < -0.3 is 24.5 Å². The molecule has 1 heterocycles. The van der Waals surface area contributed by atoms with Gasteiger partial charge in [-0.15, -0.1) is 0 Å². The fourth-order valence-corrected chi connectivity index (χ4v) is 2.10. The summed E-state index contributed by atoms with van der Waals surface area (Å²) in [6, 6.07) is 9.16. The van der Waals surface area contributed by atoms with Gasteiger partial charge in [0.2, 0.25) is 0 Å². The number of aromatic nitrogens is 1. The SMILES string of the molecule is CN(C)CCN(CC(=O)O)C(=O)c1conc1-c1ccccc1.O=C(O)C(F)(F)F. The average Bonchev–Trinajstić information content (AvgIpc) is 3.14. The first-order valence-corrected chi connectivity index (χ1v) is 8.39. The number of carboxylic acids is 2. The number of carbonyl (C=O) groups is 3. The molecule has 0 saturated carbocycles. The zero-order valence-electron chi connectivity index (χ0n) is 16.1. The van der Waals surface area contributed by atoms with Crippen LogP contribution in [0.1, 0.15) is 10.4 Å². The van der Waals surface area contributed by atoms with Crippen molar-refractivity contribution in [1.82, 2.24) is 15.0 Å². The minimum atomic E-state index is -5.08. The third kappa shape index (κ3) is 7.91. The average molecular weight is 431 g/mol. The van der Waals surface area contributed by atoms with Crippen LogP contribution in [0.5, 0.6) is 0 Å². The van der Waals surface area contributed by atoms with Gasteiger partial charge in [-0.05, 0) is 14.1 Å². The molecule has 9 nitrogen and oxygen atoms in total. The largest absolute Gasteiger partial charge is 0.490 e. The van der Waals surface area contributed by atoms with E-state index in [1.165, 1.54) is 11.2 Å². The van der Waals surface area contributed by atoms with E-state index in [-0.39, 0.29) is 12.1 Å². The summed E-state index contributed by atoms with van der Waals surface area (Å²) in [5.41, 5.74) is 1.42. The number of carbonyl (C=O) groups excluding carboxylic acids is 1. The minimum Gasteiger partial charge on any atom is -0.480 e. The number of hydrogen-bond donors (Lipinski definition) is 2. The number of rotatable bonds is 7. The van der Waals surface area contributed by atoms with Crippen LogP contribution >= 0.6 is 0 Å². The lowest BCUT2D eigenvalue weighted by Crippen LogP contribution is -2.40. The van der Waals surface area contributed by atoms with Crippen molar-refractivity contribution >= 4 is 17.8 Å². The number of hydrogen-bond acceptors (Lipinski definition) is 6. The van der Waals surface area contributed by atoms with E-state index < -0.39 is 24.0 Å². The van der Waals surface area contributed by atoms with Crippen LogP contribution in [-0.2, 0) is 9.59 Å². The zero-order chi connectivity index (χ0) is 22.9. The standard InChI is InChI=1S/C16H19N3O4.C2HF3O2/c1-18(2)8-9-19(10-14(20)21)16(22)13-11-23-17-15(13)12-6-4-3-5-7-12;3-2(4,5)1(6)7/h3-7,11H,8-10H2,1-2H3,(H,20,21);(H,6,7). The Bertz CT molecular complexity index is 852. The molecule has 1 aromatic carbocycles. The van der Waals surface area contributed by atoms with Crippen molar-refractivity contribution in [3.63, 3.8) is 0 Å². The molecule has 30 heavy (non-hydrogen) atoms. The number of likely N-dealkylation sites (N-methyl/N-ethyl adjacent to an activating group) is 1. The van der Waals surface area contributed by atoms with Crippen molar-refractivity contribution < 1.29 is 42.3 Å². The van der Waals surface area contributed by atoms with E-state index in [0.29, 0.717) is 18.8 Å². The lowest BCUT2D eigenvalue weighted by atomic mass is 10.1. The number of nitrogens with zero attached hydrogens (tertiary/aromatic N) is 3. The Labute approximate surface area is 169 Å². The second kappa shape index (κ2) is 11.0. The smallest absolute Gasteiger partial charge is 0.480 e. The molecule has 0 aliphatic heterocycles. The highest BCUT2D eigenvalue weighted by atomic mass is 19.4. The number of halogens is 3. The normalized spacial score (nSPS) is 10.9. The van der Waals surface area contributed by atoms with Crippen molar-refractivity contribution in [3.05, 3.63) is 42.2 Å². The van der Waals surface area contributed by atoms with Gasteiger partial charge in [0.25, 0.3) is 5.91 Å². The Morgan fingerprint density at radius 1 is 1.07 bits per heavy atom. The third-order valence-corrected chi connectivity index (χ3v) is 3.52. The second-order valence-corrected chi connectivity index (χ2v) is 6.17. The van der Waals surface area contributed by atoms with Crippen molar-refractivity contribution in [2.24, 2.45) is 0 Å². The molecule has 12 heteroatoms. The molecule has 1 aromatic heterocycles. The van der Waals surface area contributed by atoms with Crippen molar-refractivity contribution in [2.45, 2.75) is 6.18 Å². The van der Waals surface area contributed by atoms with Crippen LogP contribution in [0, 0.1) is 0 Å². The summed E-state index contributed by atoms with van der Waals surface area (Å²) < 4.78 is 36.7. The third-order valence-electron chi connectivity index (χ3n) is 3.52. The first-order chi connectivity index (χ1) is 13.9. The van der Waals surface area contributed by atoms with Crippen LogP contribution in [0.15, 0.2) is 41.1 Å². The van der Waals surface area contributed by atoms with Crippen LogP contribution in [0.3, 0.4) is 0 Å². The highest BCUT2D eigenvalue weighted by Crippen LogP contribution is 2.23. The molecule has 1 amide bonds. The quantitative estimate of drug-likeness (QED) is 0.683. The number of carboxylic acid groups (broad SMARTS) is 2. The van der Waals surface area contributed by atoms with E-state index >= 15 is 0 Å². The Kier molecular flexibility index (Phi) is 8.99. The molecule has 2 aromatic rings. The predicted octanol–water partition coefficient (Wildman–Crippen LogP) is 2.06. The van der Waals surface area contributed by atoms with Gasteiger partial charge in [-0.2, -0.15) is 13.2 Å². The van der Waals surface area contributed by atoms with Crippen LogP contribution in [0.25, 0.3) is 11.3 Å². The Morgan fingerprint density at radius 2 is 1.63 bits per heavy atom. The molecular formula is C18H20F3N3O6. The maximum atomic E-state index is 12.7. The zero-order valence-corrected chi connectivity index (χ0v) is 16.1. The van der Waals surface area contributed by atoms with E-state index in [1.54, 1.807) is 0 Å². The van der Waals surface area contributed by atoms with Crippen LogP contribution in [0.2, 0.25) is 0 Å². The molecule has 0 fully saturated rings. The second-order valence-electron chi connectivity index (χ2n) is 6.17. The number of aliphatic carboxylic acids is 2. The topological polar surface area (TPSA) is 124 Å². The van der Waals surface area contributed by atoms with Crippen LogP contribution < -0.4 is 0 Å². The summed E-state index contributed by atoms with van der Waals surface area (Å²) in [5.74, 6) is -4.23. The molecule has 0 radical (unpaired) electrons. The van der Waals surface area contributed by atoms with E-state index in [0.717, 1.165) is 5.56 Å². The molecule has 2 rings (SSSR count). The Balaban J connectivity index is 0.000000553. The summed E-state index contributed by atoms with van der Waals surface area (Å²) in [5, 5.41) is 20.0. The highest BCUT2D eigenvalue weighted by molar-refractivity contribution is 6.00. The summed E-state index contributed by atoms with van der Waals surface area (Å²) in [6.07, 6.45) is -3.82. The van der Waals surface area contributed by atoms with Crippen molar-refractivity contribution in [1.29, 1.82) is 0 Å². The van der Waals surface area contributed by atoms with E-state index in [9.17, 15) is 22.8 Å². The van der Waals surface area contributed by atoms with Gasteiger partial charge in [0, 0.05) is 18.7 Å². The fourth-order valence-electron chi connectivity index (χ4n) is 2.10. The van der Waals surface area contributed by atoms with Gasteiger partial charge in [-0.3, -0.25) is 9.59 Å². The first-order valence-electron chi connectivity index (χ1n) is 8.39. The molecule has 0 atom stereocenters. The summed E-state index contributed by atoms with van der Waals surface area (Å²) in [6.45, 7) is 0.495. The summed E-state index contributed by atoms with van der Waals surface area (Å²) in [7, 11) is 3.72. The Morgan fingerprint density at radius 3 is 2.10 bits per heavy atom. The summed E-state index contributed by atoms with van der Waals surface area (Å²) >= 11 is 0.